The number of benzene rings is 2. The summed E-state index contributed by atoms with van der Waals surface area (Å²) in [5.41, 5.74) is 2.22. The fourth-order valence-electron chi connectivity index (χ4n) is 3.34. The third kappa shape index (κ3) is 4.74. The molecule has 0 radical (unpaired) electrons. The number of halogens is 1. The standard InChI is InChI=1S/C22H25ClN6O/c1-15-27-28-21(29(15)2)14-25-22(24-13-16-7-9-17(23)10-8-16)26-19-11-12-30-20-6-4-3-5-18(19)20/h3-10,19H,11-14H2,1-2H3,(H2,24,25,26). The molecule has 0 spiro atoms. The minimum atomic E-state index is 0.118. The zero-order valence-corrected chi connectivity index (χ0v) is 17.9. The van der Waals surface area contributed by atoms with E-state index in [-0.39, 0.29) is 6.04 Å². The van der Waals surface area contributed by atoms with Gasteiger partial charge in [0.05, 0.1) is 25.7 Å². The molecule has 0 bridgehead atoms. The van der Waals surface area contributed by atoms with Crippen LogP contribution in [0, 0.1) is 6.92 Å². The van der Waals surface area contributed by atoms with E-state index in [9.17, 15) is 0 Å². The second-order valence-electron chi connectivity index (χ2n) is 7.24. The molecule has 2 aromatic carbocycles. The normalized spacial score (nSPS) is 16.0. The summed E-state index contributed by atoms with van der Waals surface area (Å²) in [6.45, 7) is 3.66. The molecule has 30 heavy (non-hydrogen) atoms. The monoisotopic (exact) mass is 424 g/mol. The molecule has 7 nitrogen and oxygen atoms in total. The Labute approximate surface area is 181 Å². The Morgan fingerprint density at radius 2 is 2.00 bits per heavy atom. The van der Waals surface area contributed by atoms with Gasteiger partial charge in [0, 0.05) is 24.1 Å². The van der Waals surface area contributed by atoms with Crippen LogP contribution in [0.4, 0.5) is 0 Å². The molecule has 3 aromatic rings. The van der Waals surface area contributed by atoms with Crippen LogP contribution in [-0.4, -0.2) is 27.3 Å². The molecule has 0 saturated heterocycles. The molecule has 0 saturated carbocycles. The van der Waals surface area contributed by atoms with Crippen LogP contribution in [0.2, 0.25) is 5.02 Å². The number of nitrogens with zero attached hydrogens (tertiary/aromatic N) is 4. The smallest absolute Gasteiger partial charge is 0.192 e. The SMILES string of the molecule is Cc1nnc(CNC(=NCc2ccc(Cl)cc2)NC2CCOc3ccccc32)n1C. The highest BCUT2D eigenvalue weighted by atomic mass is 35.5. The summed E-state index contributed by atoms with van der Waals surface area (Å²) in [6.07, 6.45) is 0.863. The average molecular weight is 425 g/mol. The molecule has 2 heterocycles. The van der Waals surface area contributed by atoms with Crippen LogP contribution in [0.1, 0.15) is 35.2 Å². The Bertz CT molecular complexity index is 1030. The number of fused-ring (bicyclic) bond motifs is 1. The molecule has 2 N–H and O–H groups in total. The Morgan fingerprint density at radius 1 is 1.20 bits per heavy atom. The van der Waals surface area contributed by atoms with Crippen LogP contribution in [0.25, 0.3) is 0 Å². The fraction of sp³-hybridized carbons (Fsp3) is 0.318. The van der Waals surface area contributed by atoms with E-state index in [0.717, 1.165) is 40.0 Å². The molecule has 1 aliphatic heterocycles. The number of hydrogen-bond donors (Lipinski definition) is 2. The summed E-state index contributed by atoms with van der Waals surface area (Å²) in [7, 11) is 1.96. The maximum absolute atomic E-state index is 6.00. The molecule has 4 rings (SSSR count). The van der Waals surface area contributed by atoms with Crippen LogP contribution in [0.5, 0.6) is 5.75 Å². The highest BCUT2D eigenvalue weighted by Crippen LogP contribution is 2.31. The minimum Gasteiger partial charge on any atom is -0.493 e. The third-order valence-electron chi connectivity index (χ3n) is 5.20. The van der Waals surface area contributed by atoms with Gasteiger partial charge >= 0.3 is 0 Å². The van der Waals surface area contributed by atoms with E-state index >= 15 is 0 Å². The summed E-state index contributed by atoms with van der Waals surface area (Å²) in [5, 5.41) is 16.0. The van der Waals surface area contributed by atoms with Gasteiger partial charge < -0.3 is 19.9 Å². The van der Waals surface area contributed by atoms with Crippen LogP contribution < -0.4 is 15.4 Å². The lowest BCUT2D eigenvalue weighted by molar-refractivity contribution is 0.261. The van der Waals surface area contributed by atoms with Crippen molar-refractivity contribution in [1.82, 2.24) is 25.4 Å². The van der Waals surface area contributed by atoms with E-state index in [4.69, 9.17) is 21.3 Å². The van der Waals surface area contributed by atoms with Crippen LogP contribution in [0.3, 0.4) is 0 Å². The molecule has 0 fully saturated rings. The molecule has 1 aliphatic rings. The van der Waals surface area contributed by atoms with Gasteiger partial charge in [0.1, 0.15) is 11.6 Å². The maximum atomic E-state index is 6.00. The number of ether oxygens (including phenoxy) is 1. The second-order valence-corrected chi connectivity index (χ2v) is 7.68. The molecule has 0 aliphatic carbocycles. The molecule has 8 heteroatoms. The van der Waals surface area contributed by atoms with Gasteiger partial charge in [-0.2, -0.15) is 0 Å². The molecule has 1 atom stereocenters. The van der Waals surface area contributed by atoms with Crippen LogP contribution in [-0.2, 0) is 20.1 Å². The first kappa shape index (κ1) is 20.2. The summed E-state index contributed by atoms with van der Waals surface area (Å²) in [6, 6.07) is 16.0. The molecule has 1 aromatic heterocycles. The van der Waals surface area contributed by atoms with Gasteiger partial charge in [-0.1, -0.05) is 41.9 Å². The molecular formula is C22H25ClN6O. The summed E-state index contributed by atoms with van der Waals surface area (Å²) >= 11 is 6.00. The summed E-state index contributed by atoms with van der Waals surface area (Å²) in [5.74, 6) is 3.35. The number of aliphatic imine (C=N–C) groups is 1. The van der Waals surface area contributed by atoms with Crippen molar-refractivity contribution in [3.8, 4) is 5.75 Å². The zero-order chi connectivity index (χ0) is 20.9. The van der Waals surface area contributed by atoms with Gasteiger partial charge in [-0.25, -0.2) is 4.99 Å². The van der Waals surface area contributed by atoms with E-state index in [0.29, 0.717) is 25.7 Å². The Hall–Kier alpha value is -3.06. The van der Waals surface area contributed by atoms with Crippen molar-refractivity contribution >= 4 is 17.6 Å². The topological polar surface area (TPSA) is 76.4 Å². The number of aryl methyl sites for hydroxylation is 1. The van der Waals surface area contributed by atoms with Crippen LogP contribution in [0.15, 0.2) is 53.5 Å². The molecule has 1 unspecified atom stereocenters. The number of nitrogens with one attached hydrogen (secondary N) is 2. The fourth-order valence-corrected chi connectivity index (χ4v) is 3.46. The predicted molar refractivity (Wildman–Crippen MR) is 118 cm³/mol. The van der Waals surface area contributed by atoms with Gasteiger partial charge in [-0.15, -0.1) is 10.2 Å². The van der Waals surface area contributed by atoms with Gasteiger partial charge in [-0.05, 0) is 30.7 Å². The number of para-hydroxylation sites is 1. The predicted octanol–water partition coefficient (Wildman–Crippen LogP) is 3.54. The Kier molecular flexibility index (Phi) is 6.18. The van der Waals surface area contributed by atoms with E-state index in [1.165, 1.54) is 0 Å². The second kappa shape index (κ2) is 9.17. The van der Waals surface area contributed by atoms with Gasteiger partial charge in [-0.3, -0.25) is 0 Å². The Morgan fingerprint density at radius 3 is 2.77 bits per heavy atom. The van der Waals surface area contributed by atoms with E-state index in [1.807, 2.05) is 61.0 Å². The number of rotatable bonds is 5. The average Bonchev–Trinajstić information content (AvgIpc) is 3.09. The van der Waals surface area contributed by atoms with Gasteiger partial charge in [0.15, 0.2) is 11.8 Å². The quantitative estimate of drug-likeness (QED) is 0.484. The lowest BCUT2D eigenvalue weighted by Gasteiger charge is -2.28. The van der Waals surface area contributed by atoms with Crippen molar-refractivity contribution in [2.45, 2.75) is 32.5 Å². The van der Waals surface area contributed by atoms with Crippen molar-refractivity contribution < 1.29 is 4.74 Å². The van der Waals surface area contributed by atoms with Crippen molar-refractivity contribution in [2.24, 2.45) is 12.0 Å². The van der Waals surface area contributed by atoms with E-state index in [2.05, 4.69) is 26.9 Å². The lowest BCUT2D eigenvalue weighted by Crippen LogP contribution is -2.41. The van der Waals surface area contributed by atoms with Crippen LogP contribution >= 0.6 is 11.6 Å². The zero-order valence-electron chi connectivity index (χ0n) is 17.1. The molecular weight excluding hydrogens is 400 g/mol. The highest BCUT2D eigenvalue weighted by Gasteiger charge is 2.22. The first-order valence-corrected chi connectivity index (χ1v) is 10.3. The first-order chi connectivity index (χ1) is 14.6. The third-order valence-corrected chi connectivity index (χ3v) is 5.45. The first-order valence-electron chi connectivity index (χ1n) is 9.96. The molecule has 0 amide bonds. The van der Waals surface area contributed by atoms with Crippen molar-refractivity contribution in [3.63, 3.8) is 0 Å². The highest BCUT2D eigenvalue weighted by molar-refractivity contribution is 6.30. The van der Waals surface area contributed by atoms with E-state index < -0.39 is 0 Å². The summed E-state index contributed by atoms with van der Waals surface area (Å²) < 4.78 is 7.75. The van der Waals surface area contributed by atoms with Gasteiger partial charge in [0.2, 0.25) is 0 Å². The maximum Gasteiger partial charge on any atom is 0.192 e. The van der Waals surface area contributed by atoms with Gasteiger partial charge in [0.25, 0.3) is 0 Å². The summed E-state index contributed by atoms with van der Waals surface area (Å²) in [4.78, 5) is 4.80. The number of aromatic nitrogens is 3. The Balaban J connectivity index is 1.52. The number of hydrogen-bond acceptors (Lipinski definition) is 4. The number of guanidine groups is 1. The largest absolute Gasteiger partial charge is 0.493 e. The minimum absolute atomic E-state index is 0.118. The van der Waals surface area contributed by atoms with Crippen molar-refractivity contribution in [2.75, 3.05) is 6.61 Å². The van der Waals surface area contributed by atoms with Crippen molar-refractivity contribution in [1.29, 1.82) is 0 Å². The van der Waals surface area contributed by atoms with Crippen molar-refractivity contribution in [3.05, 3.63) is 76.3 Å². The molecule has 156 valence electrons. The lowest BCUT2D eigenvalue weighted by atomic mass is 10.0. The van der Waals surface area contributed by atoms with E-state index in [1.54, 1.807) is 0 Å².